The lowest BCUT2D eigenvalue weighted by atomic mass is 10.0. The van der Waals surface area contributed by atoms with Gasteiger partial charge in [0.2, 0.25) is 11.1 Å². The van der Waals surface area contributed by atoms with Crippen LogP contribution in [0.2, 0.25) is 5.02 Å². The molecule has 0 unspecified atom stereocenters. The Bertz CT molecular complexity index is 1070. The third kappa shape index (κ3) is 3.97. The zero-order chi connectivity index (χ0) is 21.3. The van der Waals surface area contributed by atoms with Crippen LogP contribution in [-0.2, 0) is 4.79 Å². The Hall–Kier alpha value is -2.71. The molecule has 4 rings (SSSR count). The number of amides is 1. The number of anilines is 1. The van der Waals surface area contributed by atoms with Gasteiger partial charge < -0.3 is 15.5 Å². The second-order valence-corrected chi connectivity index (χ2v) is 8.43. The minimum absolute atomic E-state index is 0.136. The van der Waals surface area contributed by atoms with Crippen LogP contribution in [0.4, 0.5) is 5.69 Å². The van der Waals surface area contributed by atoms with Gasteiger partial charge in [-0.1, -0.05) is 41.6 Å². The largest absolute Gasteiger partial charge is 0.494 e. The first-order valence-corrected chi connectivity index (χ1v) is 10.9. The molecule has 7 nitrogen and oxygen atoms in total. The summed E-state index contributed by atoms with van der Waals surface area (Å²) in [5.74, 6) is 1.39. The Morgan fingerprint density at radius 2 is 2.00 bits per heavy atom. The van der Waals surface area contributed by atoms with E-state index >= 15 is 0 Å². The van der Waals surface area contributed by atoms with Gasteiger partial charge in [0.15, 0.2) is 0 Å². The van der Waals surface area contributed by atoms with Gasteiger partial charge in [-0.25, -0.2) is 4.68 Å². The lowest BCUT2D eigenvalue weighted by Crippen LogP contribution is -2.41. The van der Waals surface area contributed by atoms with Crippen molar-refractivity contribution in [3.05, 3.63) is 64.4 Å². The normalized spacial score (nSPS) is 17.7. The number of fused-ring (bicyclic) bond motifs is 1. The molecule has 2 N–H and O–H groups in total. The van der Waals surface area contributed by atoms with Gasteiger partial charge in [-0.05, 0) is 56.2 Å². The zero-order valence-electron chi connectivity index (χ0n) is 16.8. The number of thioether (sulfide) groups is 1. The van der Waals surface area contributed by atoms with Crippen molar-refractivity contribution in [3.63, 3.8) is 0 Å². The highest BCUT2D eigenvalue weighted by atomic mass is 35.5. The van der Waals surface area contributed by atoms with Crippen molar-refractivity contribution in [3.8, 4) is 5.75 Å². The Labute approximate surface area is 184 Å². The van der Waals surface area contributed by atoms with Gasteiger partial charge in [0.05, 0.1) is 12.6 Å². The third-order valence-electron chi connectivity index (χ3n) is 4.93. The highest BCUT2D eigenvalue weighted by Gasteiger charge is 2.37. The van der Waals surface area contributed by atoms with Crippen LogP contribution in [0.3, 0.4) is 0 Å². The Morgan fingerprint density at radius 1 is 1.23 bits per heavy atom. The summed E-state index contributed by atoms with van der Waals surface area (Å²) in [7, 11) is 0. The summed E-state index contributed by atoms with van der Waals surface area (Å²) in [5.41, 5.74) is 5.89. The van der Waals surface area contributed by atoms with Crippen LogP contribution in [0.1, 0.15) is 29.9 Å². The molecule has 3 aromatic rings. The van der Waals surface area contributed by atoms with E-state index in [4.69, 9.17) is 16.3 Å². The topological polar surface area (TPSA) is 81.1 Å². The van der Waals surface area contributed by atoms with Crippen molar-refractivity contribution in [2.24, 2.45) is 0 Å². The highest BCUT2D eigenvalue weighted by Crippen LogP contribution is 2.38. The molecular formula is C21H22ClN5O2S. The predicted molar refractivity (Wildman–Crippen MR) is 119 cm³/mol. The van der Waals surface area contributed by atoms with Crippen LogP contribution in [0, 0.1) is 13.8 Å². The van der Waals surface area contributed by atoms with Gasteiger partial charge in [0.1, 0.15) is 16.8 Å². The molecule has 1 amide bonds. The third-order valence-corrected chi connectivity index (χ3v) is 6.56. The number of nitrogens with one attached hydrogen (secondary N) is 2. The number of aromatic nitrogens is 3. The quantitative estimate of drug-likeness (QED) is 0.610. The van der Waals surface area contributed by atoms with E-state index < -0.39 is 5.25 Å². The molecule has 1 aliphatic rings. The van der Waals surface area contributed by atoms with E-state index in [0.29, 0.717) is 22.5 Å². The standard InChI is InChI=1S/C21H22ClN5O2S/c1-4-29-15-10-8-14(9-11-15)18-19(30-21-25-24-13(3)27(21)26-18)20(28)23-17-7-5-6-16(22)12(17)2/h5-11,18-19,26H,4H2,1-3H3,(H,23,28)/t18-,19-/m1/s1. The molecule has 1 aliphatic heterocycles. The smallest absolute Gasteiger partial charge is 0.240 e. The maximum absolute atomic E-state index is 13.3. The summed E-state index contributed by atoms with van der Waals surface area (Å²) < 4.78 is 7.37. The number of nitrogens with zero attached hydrogens (tertiary/aromatic N) is 3. The van der Waals surface area contributed by atoms with E-state index in [0.717, 1.165) is 22.7 Å². The number of hydrogen-bond donors (Lipinski definition) is 2. The molecule has 156 valence electrons. The minimum Gasteiger partial charge on any atom is -0.494 e. The fourth-order valence-corrected chi connectivity index (χ4v) is 4.60. The van der Waals surface area contributed by atoms with Crippen molar-refractivity contribution in [2.75, 3.05) is 17.3 Å². The first kappa shape index (κ1) is 20.6. The van der Waals surface area contributed by atoms with E-state index in [1.165, 1.54) is 11.8 Å². The van der Waals surface area contributed by atoms with Gasteiger partial charge in [-0.3, -0.25) is 4.79 Å². The van der Waals surface area contributed by atoms with E-state index in [1.807, 2.05) is 61.8 Å². The molecule has 0 radical (unpaired) electrons. The maximum atomic E-state index is 13.3. The first-order valence-electron chi connectivity index (χ1n) is 9.62. The van der Waals surface area contributed by atoms with Crippen molar-refractivity contribution in [1.29, 1.82) is 0 Å². The number of benzene rings is 2. The molecule has 0 bridgehead atoms. The van der Waals surface area contributed by atoms with Crippen molar-refractivity contribution in [1.82, 2.24) is 14.9 Å². The molecule has 2 heterocycles. The summed E-state index contributed by atoms with van der Waals surface area (Å²) >= 11 is 7.60. The van der Waals surface area contributed by atoms with Gasteiger partial charge in [-0.2, -0.15) is 0 Å². The SMILES string of the molecule is CCOc1ccc([C@H]2Nn3c(C)nnc3S[C@H]2C(=O)Nc2cccc(Cl)c2C)cc1. The van der Waals surface area contributed by atoms with Crippen molar-refractivity contribution >= 4 is 35.0 Å². The van der Waals surface area contributed by atoms with Gasteiger partial charge >= 0.3 is 0 Å². The van der Waals surface area contributed by atoms with E-state index in [-0.39, 0.29) is 11.9 Å². The number of ether oxygens (including phenoxy) is 1. The number of carbonyl (C=O) groups excluding carboxylic acids is 1. The van der Waals surface area contributed by atoms with Gasteiger partial charge in [0.25, 0.3) is 0 Å². The average Bonchev–Trinajstić information content (AvgIpc) is 3.11. The lowest BCUT2D eigenvalue weighted by Gasteiger charge is -2.33. The molecule has 0 saturated heterocycles. The molecule has 2 atom stereocenters. The summed E-state index contributed by atoms with van der Waals surface area (Å²) in [6, 6.07) is 13.0. The Balaban J connectivity index is 1.65. The number of halogens is 1. The summed E-state index contributed by atoms with van der Waals surface area (Å²) in [6.45, 7) is 6.30. The van der Waals surface area contributed by atoms with Crippen LogP contribution >= 0.6 is 23.4 Å². The second-order valence-electron chi connectivity index (χ2n) is 6.91. The lowest BCUT2D eigenvalue weighted by molar-refractivity contribution is -0.116. The van der Waals surface area contributed by atoms with E-state index in [1.54, 1.807) is 6.07 Å². The van der Waals surface area contributed by atoms with Crippen LogP contribution in [-0.4, -0.2) is 32.6 Å². The summed E-state index contributed by atoms with van der Waals surface area (Å²) in [5, 5.41) is 12.1. The first-order chi connectivity index (χ1) is 14.5. The molecule has 9 heteroatoms. The van der Waals surface area contributed by atoms with Crippen molar-refractivity contribution in [2.45, 2.75) is 37.2 Å². The second kappa shape index (κ2) is 8.57. The number of hydrogen-bond acceptors (Lipinski definition) is 6. The zero-order valence-corrected chi connectivity index (χ0v) is 18.4. The van der Waals surface area contributed by atoms with Gasteiger partial charge in [0, 0.05) is 10.7 Å². The number of rotatable bonds is 5. The predicted octanol–water partition coefficient (Wildman–Crippen LogP) is 4.34. The van der Waals surface area contributed by atoms with E-state index in [9.17, 15) is 4.79 Å². The minimum atomic E-state index is -0.461. The maximum Gasteiger partial charge on any atom is 0.240 e. The molecule has 0 fully saturated rings. The molecule has 2 aromatic carbocycles. The van der Waals surface area contributed by atoms with Crippen LogP contribution in [0.15, 0.2) is 47.6 Å². The monoisotopic (exact) mass is 443 g/mol. The summed E-state index contributed by atoms with van der Waals surface area (Å²) in [6.07, 6.45) is 0. The number of aryl methyl sites for hydroxylation is 1. The average molecular weight is 444 g/mol. The Morgan fingerprint density at radius 3 is 2.73 bits per heavy atom. The fourth-order valence-electron chi connectivity index (χ4n) is 3.30. The van der Waals surface area contributed by atoms with E-state index in [2.05, 4.69) is 20.9 Å². The molecular weight excluding hydrogens is 422 g/mol. The Kier molecular flexibility index (Phi) is 5.87. The van der Waals surface area contributed by atoms with Crippen LogP contribution in [0.25, 0.3) is 0 Å². The molecule has 1 aromatic heterocycles. The number of carbonyl (C=O) groups is 1. The van der Waals surface area contributed by atoms with Crippen molar-refractivity contribution < 1.29 is 9.53 Å². The highest BCUT2D eigenvalue weighted by molar-refractivity contribution is 8.00. The summed E-state index contributed by atoms with van der Waals surface area (Å²) in [4.78, 5) is 13.3. The van der Waals surface area contributed by atoms with Gasteiger partial charge in [-0.15, -0.1) is 10.2 Å². The molecule has 0 aliphatic carbocycles. The molecule has 30 heavy (non-hydrogen) atoms. The molecule has 0 saturated carbocycles. The molecule has 0 spiro atoms. The van der Waals surface area contributed by atoms with Crippen LogP contribution in [0.5, 0.6) is 5.75 Å². The van der Waals surface area contributed by atoms with Crippen LogP contribution < -0.4 is 15.5 Å². The fraction of sp³-hybridized carbons (Fsp3) is 0.286.